The molecule has 0 radical (unpaired) electrons. The molecule has 2 N–H and O–H groups in total. The van der Waals surface area contributed by atoms with Gasteiger partial charge in [-0.2, -0.15) is 0 Å². The maximum Gasteiger partial charge on any atom is 0.223 e. The fraction of sp³-hybridized carbons (Fsp3) is 0.727. The average Bonchev–Trinajstić information content (AvgIpc) is 3.00. The van der Waals surface area contributed by atoms with Crippen LogP contribution < -0.4 is 5.73 Å². The van der Waals surface area contributed by atoms with Gasteiger partial charge in [0.1, 0.15) is 0 Å². The maximum absolute atomic E-state index is 11.0. The molecule has 0 bridgehead atoms. The molecular weight excluding hydrogens is 220 g/mol. The smallest absolute Gasteiger partial charge is 0.223 e. The predicted molar refractivity (Wildman–Crippen MR) is 61.1 cm³/mol. The predicted octanol–water partition coefficient (Wildman–Crippen LogP) is 0.423. The molecule has 6 heteroatoms. The lowest BCUT2D eigenvalue weighted by atomic mass is 10.1. The fourth-order valence-corrected chi connectivity index (χ4v) is 1.88. The Morgan fingerprint density at radius 3 is 2.88 bits per heavy atom. The van der Waals surface area contributed by atoms with E-state index in [1.807, 2.05) is 11.6 Å². The topological polar surface area (TPSA) is 83.0 Å². The van der Waals surface area contributed by atoms with Crippen molar-refractivity contribution in [2.45, 2.75) is 38.8 Å². The monoisotopic (exact) mass is 238 g/mol. The fourth-order valence-electron chi connectivity index (χ4n) is 1.88. The molecule has 1 aromatic heterocycles. The van der Waals surface area contributed by atoms with Crippen LogP contribution in [0.2, 0.25) is 0 Å². The number of primary amides is 1. The van der Waals surface area contributed by atoms with E-state index in [-0.39, 0.29) is 12.5 Å². The lowest BCUT2D eigenvalue weighted by Crippen LogP contribution is -2.17. The average molecular weight is 238 g/mol. The van der Waals surface area contributed by atoms with Crippen molar-refractivity contribution in [3.63, 3.8) is 0 Å². The third-order valence-corrected chi connectivity index (χ3v) is 3.06. The van der Waals surface area contributed by atoms with Gasteiger partial charge in [-0.05, 0) is 25.7 Å². The van der Waals surface area contributed by atoms with E-state index in [0.29, 0.717) is 11.6 Å². The number of nitrogens with zero attached hydrogens (tertiary/aromatic N) is 3. The van der Waals surface area contributed by atoms with Crippen LogP contribution in [-0.4, -0.2) is 28.0 Å². The summed E-state index contributed by atoms with van der Waals surface area (Å²) in [5.74, 6) is 0.300. The van der Waals surface area contributed by atoms with Gasteiger partial charge in [0.05, 0.1) is 23.9 Å². The van der Waals surface area contributed by atoms with Crippen molar-refractivity contribution in [3.8, 4) is 0 Å². The molecule has 6 nitrogen and oxygen atoms in total. The molecule has 1 heterocycles. The Bertz CT molecular complexity index is 412. The second kappa shape index (κ2) is 4.83. The molecule has 1 aromatic rings. The van der Waals surface area contributed by atoms with Gasteiger partial charge < -0.3 is 10.5 Å². The van der Waals surface area contributed by atoms with Gasteiger partial charge in [-0.25, -0.2) is 4.68 Å². The first-order chi connectivity index (χ1) is 8.11. The van der Waals surface area contributed by atoms with Gasteiger partial charge in [0.25, 0.3) is 0 Å². The Balaban J connectivity index is 2.24. The van der Waals surface area contributed by atoms with Crippen LogP contribution in [0, 0.1) is 5.92 Å². The van der Waals surface area contributed by atoms with Crippen molar-refractivity contribution in [2.24, 2.45) is 11.7 Å². The van der Waals surface area contributed by atoms with Crippen LogP contribution in [0.4, 0.5) is 0 Å². The molecule has 2 rings (SSSR count). The van der Waals surface area contributed by atoms with E-state index in [0.717, 1.165) is 12.2 Å². The van der Waals surface area contributed by atoms with Crippen molar-refractivity contribution in [2.75, 3.05) is 7.11 Å². The van der Waals surface area contributed by atoms with Crippen molar-refractivity contribution in [1.82, 2.24) is 15.0 Å². The Hall–Kier alpha value is -1.43. The number of carbonyl (C=O) groups is 1. The van der Waals surface area contributed by atoms with Crippen molar-refractivity contribution >= 4 is 5.91 Å². The van der Waals surface area contributed by atoms with Crippen LogP contribution in [0.25, 0.3) is 0 Å². The molecule has 0 spiro atoms. The van der Waals surface area contributed by atoms with E-state index < -0.39 is 5.91 Å². The minimum Gasteiger partial charge on any atom is -0.375 e. The summed E-state index contributed by atoms with van der Waals surface area (Å²) in [5, 5.41) is 8.14. The molecular formula is C11H18N4O2. The Kier molecular flexibility index (Phi) is 3.42. The molecule has 1 unspecified atom stereocenters. The molecule has 94 valence electrons. The minimum absolute atomic E-state index is 0.119. The van der Waals surface area contributed by atoms with Crippen molar-refractivity contribution in [1.29, 1.82) is 0 Å². The van der Waals surface area contributed by atoms with Gasteiger partial charge in [0.2, 0.25) is 5.91 Å². The standard InChI is InChI=1S/C11H18N4O2/c1-7(17-2)11-9(5-10(12)16)13-14-15(11)6-8-3-4-8/h7-8H,3-6H2,1-2H3,(H2,12,16). The molecule has 1 atom stereocenters. The Morgan fingerprint density at radius 1 is 1.65 bits per heavy atom. The van der Waals surface area contributed by atoms with Crippen LogP contribution in [0.15, 0.2) is 0 Å². The molecule has 1 fully saturated rings. The number of nitrogens with two attached hydrogens (primary N) is 1. The largest absolute Gasteiger partial charge is 0.375 e. The number of carbonyl (C=O) groups excluding carboxylic acids is 1. The molecule has 17 heavy (non-hydrogen) atoms. The lowest BCUT2D eigenvalue weighted by Gasteiger charge is -2.13. The molecule has 1 aliphatic carbocycles. The highest BCUT2D eigenvalue weighted by Gasteiger charge is 2.26. The van der Waals surface area contributed by atoms with Gasteiger partial charge in [-0.3, -0.25) is 4.79 Å². The molecule has 1 amide bonds. The van der Waals surface area contributed by atoms with E-state index in [1.165, 1.54) is 12.8 Å². The first-order valence-electron chi connectivity index (χ1n) is 5.85. The van der Waals surface area contributed by atoms with Crippen molar-refractivity contribution < 1.29 is 9.53 Å². The summed E-state index contributed by atoms with van der Waals surface area (Å²) in [7, 11) is 1.63. The van der Waals surface area contributed by atoms with Crippen molar-refractivity contribution in [3.05, 3.63) is 11.4 Å². The summed E-state index contributed by atoms with van der Waals surface area (Å²) in [6.45, 7) is 2.78. The lowest BCUT2D eigenvalue weighted by molar-refractivity contribution is -0.117. The van der Waals surface area contributed by atoms with Crippen LogP contribution in [0.3, 0.4) is 0 Å². The molecule has 0 aromatic carbocycles. The first-order valence-corrected chi connectivity index (χ1v) is 5.85. The summed E-state index contributed by atoms with van der Waals surface area (Å²) in [6, 6.07) is 0. The number of rotatable bonds is 6. The van der Waals surface area contributed by atoms with E-state index in [1.54, 1.807) is 7.11 Å². The number of aromatic nitrogens is 3. The molecule has 0 saturated heterocycles. The molecule has 1 aliphatic rings. The van der Waals surface area contributed by atoms with Gasteiger partial charge >= 0.3 is 0 Å². The van der Waals surface area contributed by atoms with Crippen LogP contribution >= 0.6 is 0 Å². The molecule has 0 aliphatic heterocycles. The summed E-state index contributed by atoms with van der Waals surface area (Å²) >= 11 is 0. The Labute approximate surface area is 100 Å². The zero-order valence-corrected chi connectivity index (χ0v) is 10.2. The summed E-state index contributed by atoms with van der Waals surface area (Å²) < 4.78 is 7.16. The number of methoxy groups -OCH3 is 1. The van der Waals surface area contributed by atoms with Gasteiger partial charge in [0.15, 0.2) is 0 Å². The highest BCUT2D eigenvalue weighted by molar-refractivity contribution is 5.76. The maximum atomic E-state index is 11.0. The number of amides is 1. The zero-order chi connectivity index (χ0) is 12.4. The summed E-state index contributed by atoms with van der Waals surface area (Å²) in [6.07, 6.45) is 2.48. The van der Waals surface area contributed by atoms with Crippen LogP contribution in [0.1, 0.15) is 37.3 Å². The highest BCUT2D eigenvalue weighted by atomic mass is 16.5. The third kappa shape index (κ3) is 2.82. The second-order valence-corrected chi connectivity index (χ2v) is 4.57. The Morgan fingerprint density at radius 2 is 2.35 bits per heavy atom. The number of hydrogen-bond acceptors (Lipinski definition) is 4. The summed E-state index contributed by atoms with van der Waals surface area (Å²) in [4.78, 5) is 11.0. The first kappa shape index (κ1) is 12.0. The molecule has 1 saturated carbocycles. The SMILES string of the molecule is COC(C)c1c(CC(N)=O)nnn1CC1CC1. The van der Waals surface area contributed by atoms with Gasteiger partial charge in [-0.1, -0.05) is 5.21 Å². The number of hydrogen-bond donors (Lipinski definition) is 1. The highest BCUT2D eigenvalue weighted by Crippen LogP contribution is 2.32. The zero-order valence-electron chi connectivity index (χ0n) is 10.2. The van der Waals surface area contributed by atoms with Crippen LogP contribution in [0.5, 0.6) is 0 Å². The van der Waals surface area contributed by atoms with E-state index in [4.69, 9.17) is 10.5 Å². The van der Waals surface area contributed by atoms with E-state index in [2.05, 4.69) is 10.3 Å². The minimum atomic E-state index is -0.395. The van der Waals surface area contributed by atoms with E-state index in [9.17, 15) is 4.79 Å². The normalized spacial score (nSPS) is 17.1. The summed E-state index contributed by atoms with van der Waals surface area (Å²) in [5.41, 5.74) is 6.71. The van der Waals surface area contributed by atoms with Crippen LogP contribution in [-0.2, 0) is 22.5 Å². The number of ether oxygens (including phenoxy) is 1. The van der Waals surface area contributed by atoms with E-state index >= 15 is 0 Å². The van der Waals surface area contributed by atoms with Gasteiger partial charge in [0, 0.05) is 13.7 Å². The quantitative estimate of drug-likeness (QED) is 0.778. The second-order valence-electron chi connectivity index (χ2n) is 4.57. The third-order valence-electron chi connectivity index (χ3n) is 3.06. The van der Waals surface area contributed by atoms with Gasteiger partial charge in [-0.15, -0.1) is 5.10 Å².